The van der Waals surface area contributed by atoms with Crippen LogP contribution in [0.1, 0.15) is 121 Å². The number of carbonyl (C=O) groups is 3. The molecule has 1 heterocycles. The monoisotopic (exact) mass is 629 g/mol. The summed E-state index contributed by atoms with van der Waals surface area (Å²) in [6.07, 6.45) is 4.24. The molecule has 9 heteroatoms. The van der Waals surface area contributed by atoms with Crippen LogP contribution in [0.4, 0.5) is 9.59 Å². The van der Waals surface area contributed by atoms with Gasteiger partial charge in [-0.15, -0.1) is 0 Å². The zero-order chi connectivity index (χ0) is 35.2. The first-order chi connectivity index (χ1) is 20.6. The quantitative estimate of drug-likeness (QED) is 0.277. The summed E-state index contributed by atoms with van der Waals surface area (Å²) in [5, 5.41) is 12.3. The van der Waals surface area contributed by atoms with Gasteiger partial charge < -0.3 is 34.7 Å². The van der Waals surface area contributed by atoms with Crippen LogP contribution in [0, 0.1) is 10.8 Å². The maximum Gasteiger partial charge on any atom is 0.407 e. The van der Waals surface area contributed by atoms with Gasteiger partial charge in [-0.2, -0.15) is 0 Å². The Bertz CT molecular complexity index is 796. The maximum atomic E-state index is 11.6. The third kappa shape index (κ3) is 33.8. The lowest BCUT2D eigenvalue weighted by molar-refractivity contribution is -0.118. The predicted octanol–water partition coefficient (Wildman–Crippen LogP) is 8.32. The lowest BCUT2D eigenvalue weighted by atomic mass is 9.85. The van der Waals surface area contributed by atoms with E-state index in [1.54, 1.807) is 6.92 Å². The van der Waals surface area contributed by atoms with Gasteiger partial charge in [0.15, 0.2) is 0 Å². The molecule has 1 saturated heterocycles. The van der Waals surface area contributed by atoms with E-state index >= 15 is 0 Å². The molecule has 0 aromatic heterocycles. The van der Waals surface area contributed by atoms with E-state index in [4.69, 9.17) is 19.3 Å². The standard InChI is InChI=1S/C12H23NO3.C9H11NO2.C7H14O.C4H10.C2H6.CH4O/c1-5-10(12(2,3)4)13-11(14)16-9-6-7-15-8-9;1-10-9(11)12-7-8-5-3-2-4-6-8;1-6(8)5-7(2,3)4;1-3-4-2;2*1-2/h9-10H,5-8H2,1-4H3,(H,13,14);2-6H,7H2,1H3,(H,10,11);5H2,1-4H3;3-4H2,1-2H3;1-2H3;2H,1H3. The van der Waals surface area contributed by atoms with Crippen molar-refractivity contribution in [2.24, 2.45) is 10.8 Å². The number of ketones is 1. The summed E-state index contributed by atoms with van der Waals surface area (Å²) in [5.74, 6) is 0.275. The topological polar surface area (TPSA) is 123 Å². The van der Waals surface area contributed by atoms with E-state index in [9.17, 15) is 14.4 Å². The molecule has 9 nitrogen and oxygen atoms in total. The first-order valence-electron chi connectivity index (χ1n) is 16.0. The summed E-state index contributed by atoms with van der Waals surface area (Å²) in [5.41, 5.74) is 1.22. The lowest BCUT2D eigenvalue weighted by Crippen LogP contribution is -2.44. The summed E-state index contributed by atoms with van der Waals surface area (Å²) in [4.78, 5) is 32.7. The van der Waals surface area contributed by atoms with Crippen molar-refractivity contribution in [2.45, 2.75) is 134 Å². The molecule has 0 bridgehead atoms. The first kappa shape index (κ1) is 48.3. The Hall–Kier alpha value is -2.65. The summed E-state index contributed by atoms with van der Waals surface area (Å²) in [6.45, 7) is 26.1. The largest absolute Gasteiger partial charge is 0.445 e. The maximum absolute atomic E-state index is 11.6. The van der Waals surface area contributed by atoms with Crippen molar-refractivity contribution in [1.82, 2.24) is 10.6 Å². The van der Waals surface area contributed by atoms with Gasteiger partial charge in [-0.1, -0.05) is 119 Å². The molecule has 2 amide bonds. The minimum Gasteiger partial charge on any atom is -0.445 e. The highest BCUT2D eigenvalue weighted by Crippen LogP contribution is 2.22. The molecule has 1 aromatic rings. The van der Waals surface area contributed by atoms with Crippen molar-refractivity contribution in [2.75, 3.05) is 27.4 Å². The first-order valence-corrected chi connectivity index (χ1v) is 16.0. The molecule has 2 atom stereocenters. The van der Waals surface area contributed by atoms with Crippen LogP contribution >= 0.6 is 0 Å². The van der Waals surface area contributed by atoms with Crippen molar-refractivity contribution in [3.63, 3.8) is 0 Å². The number of ether oxygens (including phenoxy) is 3. The second kappa shape index (κ2) is 30.4. The minimum atomic E-state index is -0.404. The number of aliphatic hydroxyl groups is 1. The number of rotatable bonds is 7. The van der Waals surface area contributed by atoms with E-state index in [1.165, 1.54) is 19.9 Å². The molecular weight excluding hydrogens is 560 g/mol. The highest BCUT2D eigenvalue weighted by Gasteiger charge is 2.27. The van der Waals surface area contributed by atoms with E-state index in [2.05, 4.69) is 72.9 Å². The fourth-order valence-electron chi connectivity index (χ4n) is 3.41. The Balaban J connectivity index is -0.000000253. The fraction of sp³-hybridized carbons (Fsp3) is 0.743. The second-order valence-electron chi connectivity index (χ2n) is 12.1. The summed E-state index contributed by atoms with van der Waals surface area (Å²) >= 11 is 0. The Labute approximate surface area is 270 Å². The summed E-state index contributed by atoms with van der Waals surface area (Å²) in [7, 11) is 2.54. The average Bonchev–Trinajstić information content (AvgIpc) is 3.49. The van der Waals surface area contributed by atoms with Crippen LogP contribution < -0.4 is 10.6 Å². The number of alkyl carbamates (subject to hydrolysis) is 2. The summed E-state index contributed by atoms with van der Waals surface area (Å²) in [6, 6.07) is 9.68. The van der Waals surface area contributed by atoms with E-state index in [1.807, 2.05) is 44.2 Å². The number of benzene rings is 1. The van der Waals surface area contributed by atoms with Gasteiger partial charge >= 0.3 is 12.2 Å². The molecule has 2 unspecified atom stereocenters. The Morgan fingerprint density at radius 1 is 0.955 bits per heavy atom. The second-order valence-corrected chi connectivity index (χ2v) is 12.1. The molecule has 1 fully saturated rings. The van der Waals surface area contributed by atoms with Crippen LogP contribution in [0.2, 0.25) is 0 Å². The van der Waals surface area contributed by atoms with Crippen LogP contribution in [0.3, 0.4) is 0 Å². The average molecular weight is 629 g/mol. The van der Waals surface area contributed by atoms with Crippen molar-refractivity contribution in [3.8, 4) is 0 Å². The highest BCUT2D eigenvalue weighted by molar-refractivity contribution is 5.76. The van der Waals surface area contributed by atoms with Gasteiger partial charge in [0.1, 0.15) is 18.5 Å². The SMILES string of the molecule is CC.CC(=O)CC(C)(C)C.CCC(NC(=O)OC1CCOC1)C(C)(C)C.CCCC.CNC(=O)OCc1ccccc1.CO. The number of amides is 2. The van der Waals surface area contributed by atoms with E-state index in [0.29, 0.717) is 26.2 Å². The van der Waals surface area contributed by atoms with E-state index < -0.39 is 6.09 Å². The van der Waals surface area contributed by atoms with Crippen LogP contribution in [0.25, 0.3) is 0 Å². The molecule has 1 aliphatic heterocycles. The number of unbranched alkanes of at least 4 members (excludes halogenated alkanes) is 1. The number of Topliss-reactive ketones (excluding diaryl/α,β-unsaturated/α-hetero) is 1. The van der Waals surface area contributed by atoms with Gasteiger partial charge in [-0.25, -0.2) is 9.59 Å². The summed E-state index contributed by atoms with van der Waals surface area (Å²) < 4.78 is 15.2. The molecule has 44 heavy (non-hydrogen) atoms. The molecule has 0 saturated carbocycles. The molecular formula is C35H68N2O7. The van der Waals surface area contributed by atoms with Gasteiger partial charge in [0.25, 0.3) is 0 Å². The molecule has 0 aliphatic carbocycles. The van der Waals surface area contributed by atoms with Crippen molar-refractivity contribution in [1.29, 1.82) is 0 Å². The zero-order valence-corrected chi connectivity index (χ0v) is 30.6. The third-order valence-corrected chi connectivity index (χ3v) is 5.60. The highest BCUT2D eigenvalue weighted by atomic mass is 16.6. The van der Waals surface area contributed by atoms with Crippen LogP contribution in [-0.2, 0) is 25.6 Å². The normalized spacial score (nSPS) is 13.8. The predicted molar refractivity (Wildman–Crippen MR) is 183 cm³/mol. The molecule has 1 aliphatic rings. The number of nitrogens with one attached hydrogen (secondary N) is 2. The molecule has 1 aromatic carbocycles. The van der Waals surface area contributed by atoms with Gasteiger partial charge in [0.05, 0.1) is 13.2 Å². The van der Waals surface area contributed by atoms with Crippen molar-refractivity contribution in [3.05, 3.63) is 35.9 Å². The molecule has 3 N–H and O–H groups in total. The number of carbonyl (C=O) groups excluding carboxylic acids is 3. The molecule has 0 spiro atoms. The molecule has 0 radical (unpaired) electrons. The number of aliphatic hydroxyl groups excluding tert-OH is 1. The lowest BCUT2D eigenvalue weighted by Gasteiger charge is -2.30. The Kier molecular flexibility index (Phi) is 33.3. The molecule has 260 valence electrons. The smallest absolute Gasteiger partial charge is 0.407 e. The van der Waals surface area contributed by atoms with Gasteiger partial charge in [-0.3, -0.25) is 0 Å². The third-order valence-electron chi connectivity index (χ3n) is 5.60. The van der Waals surface area contributed by atoms with Crippen molar-refractivity contribution >= 4 is 18.0 Å². The van der Waals surface area contributed by atoms with Crippen LogP contribution in [-0.4, -0.2) is 62.6 Å². The van der Waals surface area contributed by atoms with Gasteiger partial charge in [0, 0.05) is 33.0 Å². The van der Waals surface area contributed by atoms with Gasteiger partial charge in [-0.05, 0) is 29.7 Å². The number of hydrogen-bond donors (Lipinski definition) is 3. The number of hydrogen-bond acceptors (Lipinski definition) is 7. The van der Waals surface area contributed by atoms with Crippen LogP contribution in [0.15, 0.2) is 30.3 Å². The zero-order valence-electron chi connectivity index (χ0n) is 30.6. The van der Waals surface area contributed by atoms with Crippen LogP contribution in [0.5, 0.6) is 0 Å². The van der Waals surface area contributed by atoms with E-state index in [-0.39, 0.29) is 34.9 Å². The fourth-order valence-corrected chi connectivity index (χ4v) is 3.41. The Morgan fingerprint density at radius 2 is 1.48 bits per heavy atom. The van der Waals surface area contributed by atoms with Gasteiger partial charge in [0.2, 0.25) is 0 Å². The minimum absolute atomic E-state index is 0.0555. The molecule has 2 rings (SSSR count). The van der Waals surface area contributed by atoms with Crippen molar-refractivity contribution < 1.29 is 33.7 Å². The van der Waals surface area contributed by atoms with E-state index in [0.717, 1.165) is 25.5 Å². The Morgan fingerprint density at radius 3 is 1.80 bits per heavy atom.